The van der Waals surface area contributed by atoms with E-state index in [9.17, 15) is 8.42 Å². The maximum atomic E-state index is 12.3. The van der Waals surface area contributed by atoms with E-state index in [0.717, 1.165) is 0 Å². The fraction of sp³-hybridized carbons (Fsp3) is 0.0769. The first-order chi connectivity index (χ1) is 9.44. The Morgan fingerprint density at radius 2 is 2.10 bits per heavy atom. The number of anilines is 1. The molecule has 0 aliphatic carbocycles. The van der Waals surface area contributed by atoms with Gasteiger partial charge in [-0.3, -0.25) is 9.71 Å². The van der Waals surface area contributed by atoms with E-state index in [-0.39, 0.29) is 15.5 Å². The molecule has 1 aromatic carbocycles. The van der Waals surface area contributed by atoms with E-state index in [1.807, 2.05) is 6.07 Å². The van der Waals surface area contributed by atoms with Crippen LogP contribution in [-0.2, 0) is 10.0 Å². The molecule has 0 atom stereocenters. The Morgan fingerprint density at radius 1 is 1.35 bits per heavy atom. The van der Waals surface area contributed by atoms with Gasteiger partial charge in [0.15, 0.2) is 0 Å². The first kappa shape index (κ1) is 14.3. The summed E-state index contributed by atoms with van der Waals surface area (Å²) >= 11 is 5.90. The van der Waals surface area contributed by atoms with Gasteiger partial charge in [-0.25, -0.2) is 8.42 Å². The third-order valence-corrected chi connectivity index (χ3v) is 4.45. The average Bonchev–Trinajstić information content (AvgIpc) is 2.41. The van der Waals surface area contributed by atoms with Crippen molar-refractivity contribution >= 4 is 27.3 Å². The van der Waals surface area contributed by atoms with Crippen molar-refractivity contribution in [2.75, 3.05) is 4.72 Å². The summed E-state index contributed by atoms with van der Waals surface area (Å²) in [5, 5.41) is 8.89. The Labute approximate surface area is 121 Å². The molecule has 0 saturated heterocycles. The highest BCUT2D eigenvalue weighted by Gasteiger charge is 2.19. The van der Waals surface area contributed by atoms with Crippen molar-refractivity contribution in [1.29, 1.82) is 5.26 Å². The highest BCUT2D eigenvalue weighted by Crippen LogP contribution is 2.25. The third-order valence-electron chi connectivity index (χ3n) is 2.60. The van der Waals surface area contributed by atoms with Gasteiger partial charge in [0.25, 0.3) is 10.0 Å². The highest BCUT2D eigenvalue weighted by molar-refractivity contribution is 7.92. The summed E-state index contributed by atoms with van der Waals surface area (Å²) in [7, 11) is -3.87. The van der Waals surface area contributed by atoms with Gasteiger partial charge in [-0.15, -0.1) is 0 Å². The molecule has 0 radical (unpaired) electrons. The van der Waals surface area contributed by atoms with Crippen molar-refractivity contribution in [1.82, 2.24) is 4.98 Å². The van der Waals surface area contributed by atoms with Crippen molar-refractivity contribution in [3.05, 3.63) is 52.8 Å². The average molecular weight is 308 g/mol. The molecule has 0 aliphatic heterocycles. The third kappa shape index (κ3) is 2.90. The van der Waals surface area contributed by atoms with Gasteiger partial charge in [0.1, 0.15) is 4.90 Å². The molecule has 102 valence electrons. The maximum Gasteiger partial charge on any atom is 0.263 e. The number of hydrogen-bond donors (Lipinski definition) is 1. The Kier molecular flexibility index (Phi) is 3.93. The van der Waals surface area contributed by atoms with Gasteiger partial charge in [0, 0.05) is 6.20 Å². The second-order valence-electron chi connectivity index (χ2n) is 4.00. The largest absolute Gasteiger partial charge is 0.278 e. The number of nitriles is 1. The van der Waals surface area contributed by atoms with Crippen LogP contribution in [0.3, 0.4) is 0 Å². The first-order valence-corrected chi connectivity index (χ1v) is 7.44. The minimum Gasteiger partial charge on any atom is -0.278 e. The van der Waals surface area contributed by atoms with Crippen LogP contribution in [-0.4, -0.2) is 13.4 Å². The number of aromatic nitrogens is 1. The minimum atomic E-state index is -3.87. The number of nitrogens with zero attached hydrogens (tertiary/aromatic N) is 2. The first-order valence-electron chi connectivity index (χ1n) is 5.58. The van der Waals surface area contributed by atoms with E-state index >= 15 is 0 Å². The smallest absolute Gasteiger partial charge is 0.263 e. The van der Waals surface area contributed by atoms with Gasteiger partial charge in [-0.05, 0) is 37.3 Å². The molecule has 2 aromatic rings. The van der Waals surface area contributed by atoms with Gasteiger partial charge < -0.3 is 0 Å². The van der Waals surface area contributed by atoms with Crippen LogP contribution in [0.4, 0.5) is 5.69 Å². The summed E-state index contributed by atoms with van der Waals surface area (Å²) in [6.07, 6.45) is 1.57. The normalized spacial score (nSPS) is 10.8. The zero-order valence-electron chi connectivity index (χ0n) is 10.5. The van der Waals surface area contributed by atoms with Crippen LogP contribution in [0, 0.1) is 18.3 Å². The second kappa shape index (κ2) is 5.49. The van der Waals surface area contributed by atoms with E-state index in [1.54, 1.807) is 25.3 Å². The lowest BCUT2D eigenvalue weighted by Crippen LogP contribution is -2.14. The molecular formula is C13H10ClN3O2S. The highest BCUT2D eigenvalue weighted by atomic mass is 35.5. The molecule has 0 spiro atoms. The van der Waals surface area contributed by atoms with E-state index in [0.29, 0.717) is 11.4 Å². The number of benzene rings is 1. The molecule has 1 aromatic heterocycles. The number of halogens is 1. The zero-order chi connectivity index (χ0) is 14.8. The van der Waals surface area contributed by atoms with E-state index < -0.39 is 10.0 Å². The van der Waals surface area contributed by atoms with Crippen molar-refractivity contribution in [3.63, 3.8) is 0 Å². The quantitative estimate of drug-likeness (QED) is 0.945. The fourth-order valence-corrected chi connectivity index (χ4v) is 3.22. The van der Waals surface area contributed by atoms with Gasteiger partial charge >= 0.3 is 0 Å². The summed E-state index contributed by atoms with van der Waals surface area (Å²) in [4.78, 5) is 3.86. The van der Waals surface area contributed by atoms with E-state index in [4.69, 9.17) is 16.9 Å². The monoisotopic (exact) mass is 307 g/mol. The molecule has 0 amide bonds. The molecule has 5 nitrogen and oxygen atoms in total. The van der Waals surface area contributed by atoms with Gasteiger partial charge in [-0.1, -0.05) is 11.6 Å². The molecule has 0 aliphatic rings. The predicted molar refractivity (Wildman–Crippen MR) is 75.9 cm³/mol. The molecule has 0 saturated carbocycles. The summed E-state index contributed by atoms with van der Waals surface area (Å²) < 4.78 is 27.0. The summed E-state index contributed by atoms with van der Waals surface area (Å²) in [6, 6.07) is 9.17. The number of pyridine rings is 1. The molecule has 1 heterocycles. The Bertz CT molecular complexity index is 798. The van der Waals surface area contributed by atoms with Crippen molar-refractivity contribution < 1.29 is 8.42 Å². The summed E-state index contributed by atoms with van der Waals surface area (Å²) in [5.74, 6) is 0. The molecule has 20 heavy (non-hydrogen) atoms. The van der Waals surface area contributed by atoms with Crippen LogP contribution < -0.4 is 4.72 Å². The van der Waals surface area contributed by atoms with E-state index in [2.05, 4.69) is 9.71 Å². The Balaban J connectivity index is 2.47. The molecule has 2 rings (SSSR count). The van der Waals surface area contributed by atoms with Gasteiger partial charge in [0.05, 0.1) is 28.0 Å². The zero-order valence-corrected chi connectivity index (χ0v) is 12.0. The minimum absolute atomic E-state index is 0.0537. The number of hydrogen-bond acceptors (Lipinski definition) is 4. The van der Waals surface area contributed by atoms with Crippen molar-refractivity contribution in [2.45, 2.75) is 11.8 Å². The van der Waals surface area contributed by atoms with Crippen LogP contribution in [0.2, 0.25) is 5.02 Å². The fourth-order valence-electron chi connectivity index (χ4n) is 1.57. The lowest BCUT2D eigenvalue weighted by Gasteiger charge is -2.11. The topological polar surface area (TPSA) is 82.8 Å². The number of aryl methyl sites for hydroxylation is 1. The standard InChI is InChI=1S/C13H10ClN3O2S/c1-9-12(3-2-6-16-9)17-20(18,19)13-7-10(8-15)4-5-11(13)14/h2-7,17H,1H3. The molecular weight excluding hydrogens is 298 g/mol. The molecule has 0 fully saturated rings. The second-order valence-corrected chi connectivity index (χ2v) is 6.06. The predicted octanol–water partition coefficient (Wildman–Crippen LogP) is 2.72. The van der Waals surface area contributed by atoms with Crippen molar-refractivity contribution in [3.8, 4) is 6.07 Å². The van der Waals surface area contributed by atoms with E-state index in [1.165, 1.54) is 18.2 Å². The molecule has 7 heteroatoms. The van der Waals surface area contributed by atoms with Crippen LogP contribution in [0.15, 0.2) is 41.4 Å². The van der Waals surface area contributed by atoms with Crippen LogP contribution in [0.5, 0.6) is 0 Å². The Hall–Kier alpha value is -2.10. The maximum absolute atomic E-state index is 12.3. The lowest BCUT2D eigenvalue weighted by molar-refractivity contribution is 0.601. The van der Waals surface area contributed by atoms with Gasteiger partial charge in [-0.2, -0.15) is 5.26 Å². The van der Waals surface area contributed by atoms with Crippen LogP contribution in [0.25, 0.3) is 0 Å². The van der Waals surface area contributed by atoms with Crippen LogP contribution >= 0.6 is 11.6 Å². The van der Waals surface area contributed by atoms with Crippen LogP contribution in [0.1, 0.15) is 11.3 Å². The van der Waals surface area contributed by atoms with Crippen molar-refractivity contribution in [2.24, 2.45) is 0 Å². The Morgan fingerprint density at radius 3 is 2.75 bits per heavy atom. The number of sulfonamides is 1. The summed E-state index contributed by atoms with van der Waals surface area (Å²) in [6.45, 7) is 1.69. The number of nitrogens with one attached hydrogen (secondary N) is 1. The SMILES string of the molecule is Cc1ncccc1NS(=O)(=O)c1cc(C#N)ccc1Cl. The van der Waals surface area contributed by atoms with Gasteiger partial charge in [0.2, 0.25) is 0 Å². The molecule has 0 bridgehead atoms. The summed E-state index contributed by atoms with van der Waals surface area (Å²) in [5.41, 5.74) is 1.13. The molecule has 1 N–H and O–H groups in total. The lowest BCUT2D eigenvalue weighted by atomic mass is 10.2. The molecule has 0 unspecified atom stereocenters. The number of rotatable bonds is 3.